The largest absolute Gasteiger partial charge is 0.544 e. The second-order valence-corrected chi connectivity index (χ2v) is 15.6. The van der Waals surface area contributed by atoms with Crippen molar-refractivity contribution < 1.29 is 23.5 Å². The van der Waals surface area contributed by atoms with E-state index in [4.69, 9.17) is 13.6 Å². The van der Waals surface area contributed by atoms with Crippen molar-refractivity contribution in [1.29, 1.82) is 0 Å². The van der Waals surface area contributed by atoms with Crippen LogP contribution >= 0.6 is 0 Å². The van der Waals surface area contributed by atoms with Crippen LogP contribution in [-0.2, 0) is 26.9 Å². The van der Waals surface area contributed by atoms with Crippen LogP contribution in [0.5, 0.6) is 0 Å². The summed E-state index contributed by atoms with van der Waals surface area (Å²) in [4.78, 5) is 16.2. The van der Waals surface area contributed by atoms with Gasteiger partial charge in [-0.15, -0.1) is 0 Å². The molecule has 1 amide bonds. The molecule has 3 heterocycles. The molecule has 39 heavy (non-hydrogen) atoms. The Balaban J connectivity index is 1.59. The molecular weight excluding hydrogens is 506 g/mol. The smallest absolute Gasteiger partial charge is 0.265 e. The number of nitrogens with zero attached hydrogens (tertiary/aromatic N) is 1. The lowest BCUT2D eigenvalue weighted by atomic mass is 9.92. The predicted octanol–water partition coefficient (Wildman–Crippen LogP) is 6.67. The fourth-order valence-corrected chi connectivity index (χ4v) is 8.60. The first-order chi connectivity index (χ1) is 18.8. The Kier molecular flexibility index (Phi) is 7.59. The lowest BCUT2D eigenvalue weighted by molar-refractivity contribution is -0.154. The SMILES string of the molecule is CC[Si](CC)(CC)OC1=C[C@H](c2ccc(C)o2)O[C@]12C[C@](O)(Cc1ccccc1)N(Cc1ccccc1)C2=O. The Morgan fingerprint density at radius 3 is 2.13 bits per heavy atom. The van der Waals surface area contributed by atoms with E-state index in [0.29, 0.717) is 11.5 Å². The van der Waals surface area contributed by atoms with Crippen molar-refractivity contribution >= 4 is 14.2 Å². The van der Waals surface area contributed by atoms with E-state index in [9.17, 15) is 9.90 Å². The summed E-state index contributed by atoms with van der Waals surface area (Å²) in [7, 11) is -2.18. The second-order valence-electron chi connectivity index (χ2n) is 10.9. The van der Waals surface area contributed by atoms with Gasteiger partial charge in [0.15, 0.2) is 0 Å². The van der Waals surface area contributed by atoms with Gasteiger partial charge in [-0.1, -0.05) is 81.4 Å². The van der Waals surface area contributed by atoms with Gasteiger partial charge in [-0.05, 0) is 54.4 Å². The minimum Gasteiger partial charge on any atom is -0.544 e. The standard InChI is InChI=1S/C32H39NO5Si/c1-5-39(6-2,7-3)38-29-20-28(27-19-18-24(4)36-27)37-32(29)23-31(35,21-25-14-10-8-11-15-25)33(30(32)34)22-26-16-12-9-13-17-26/h8-20,28,35H,5-7,21-23H2,1-4H3/t28-,31-,32-/m1/s1. The van der Waals surface area contributed by atoms with Gasteiger partial charge >= 0.3 is 0 Å². The van der Waals surface area contributed by atoms with E-state index in [0.717, 1.165) is 35.0 Å². The highest BCUT2D eigenvalue weighted by Crippen LogP contribution is 2.52. The van der Waals surface area contributed by atoms with Gasteiger partial charge in [-0.25, -0.2) is 0 Å². The first-order valence-electron chi connectivity index (χ1n) is 14.0. The molecule has 0 bridgehead atoms. The molecule has 1 aromatic heterocycles. The van der Waals surface area contributed by atoms with Gasteiger partial charge in [0.2, 0.25) is 13.9 Å². The number of aliphatic hydroxyl groups is 1. The molecule has 3 aromatic rings. The van der Waals surface area contributed by atoms with Crippen molar-refractivity contribution in [3.05, 3.63) is 107 Å². The van der Waals surface area contributed by atoms with Crippen LogP contribution in [0.1, 0.15) is 55.9 Å². The molecular formula is C32H39NO5Si. The molecule has 2 aromatic carbocycles. The third-order valence-corrected chi connectivity index (χ3v) is 13.0. The minimum atomic E-state index is -2.18. The number of hydrogen-bond donors (Lipinski definition) is 1. The van der Waals surface area contributed by atoms with Gasteiger partial charge in [-0.3, -0.25) is 4.79 Å². The molecule has 1 fully saturated rings. The van der Waals surface area contributed by atoms with Crippen molar-refractivity contribution in [3.8, 4) is 0 Å². The van der Waals surface area contributed by atoms with Crippen LogP contribution in [0, 0.1) is 6.92 Å². The molecule has 0 saturated carbocycles. The van der Waals surface area contributed by atoms with Crippen molar-refractivity contribution in [2.45, 2.75) is 82.6 Å². The summed E-state index contributed by atoms with van der Waals surface area (Å²) in [5, 5.41) is 12.3. The van der Waals surface area contributed by atoms with Crippen LogP contribution in [0.3, 0.4) is 0 Å². The molecule has 0 unspecified atom stereocenters. The second kappa shape index (κ2) is 10.8. The van der Waals surface area contributed by atoms with Gasteiger partial charge in [0, 0.05) is 19.4 Å². The van der Waals surface area contributed by atoms with Crippen LogP contribution in [0.2, 0.25) is 18.1 Å². The average Bonchev–Trinajstić information content (AvgIpc) is 3.60. The quantitative estimate of drug-likeness (QED) is 0.288. The third kappa shape index (κ3) is 5.11. The fraction of sp³-hybridized carbons (Fsp3) is 0.406. The zero-order valence-electron chi connectivity index (χ0n) is 23.4. The molecule has 0 aliphatic carbocycles. The Morgan fingerprint density at radius 2 is 1.56 bits per heavy atom. The maximum absolute atomic E-state index is 14.6. The van der Waals surface area contributed by atoms with Crippen LogP contribution < -0.4 is 0 Å². The van der Waals surface area contributed by atoms with E-state index < -0.39 is 25.7 Å². The molecule has 2 aliphatic heterocycles. The summed E-state index contributed by atoms with van der Waals surface area (Å²) >= 11 is 0. The molecule has 6 nitrogen and oxygen atoms in total. The average molecular weight is 546 g/mol. The van der Waals surface area contributed by atoms with Crippen LogP contribution in [0.15, 0.2) is 89.0 Å². The van der Waals surface area contributed by atoms with E-state index in [1.807, 2.05) is 85.8 Å². The van der Waals surface area contributed by atoms with Crippen LogP contribution in [0.4, 0.5) is 0 Å². The topological polar surface area (TPSA) is 72.1 Å². The van der Waals surface area contributed by atoms with Crippen molar-refractivity contribution in [2.24, 2.45) is 0 Å². The Hall–Kier alpha value is -3.13. The summed E-state index contributed by atoms with van der Waals surface area (Å²) in [5.41, 5.74) is -1.01. The van der Waals surface area contributed by atoms with Gasteiger partial charge < -0.3 is 23.6 Å². The highest BCUT2D eigenvalue weighted by atomic mass is 28.4. The number of benzene rings is 2. The van der Waals surface area contributed by atoms with E-state index in [1.165, 1.54) is 0 Å². The lowest BCUT2D eigenvalue weighted by Gasteiger charge is -2.34. The maximum Gasteiger partial charge on any atom is 0.265 e. The zero-order valence-corrected chi connectivity index (χ0v) is 24.4. The number of carbonyl (C=O) groups is 1. The van der Waals surface area contributed by atoms with Gasteiger partial charge in [0.05, 0.1) is 0 Å². The summed E-state index contributed by atoms with van der Waals surface area (Å²) in [6.07, 6.45) is 1.69. The van der Waals surface area contributed by atoms with Crippen LogP contribution in [-0.4, -0.2) is 35.6 Å². The molecule has 3 atom stereocenters. The highest BCUT2D eigenvalue weighted by molar-refractivity contribution is 6.73. The third-order valence-electron chi connectivity index (χ3n) is 8.47. The zero-order chi connectivity index (χ0) is 27.7. The normalized spacial score (nSPS) is 24.9. The number of likely N-dealkylation sites (tertiary alicyclic amines) is 1. The molecule has 1 spiro atoms. The molecule has 1 N–H and O–H groups in total. The molecule has 5 rings (SSSR count). The first-order valence-corrected chi connectivity index (χ1v) is 16.6. The maximum atomic E-state index is 14.6. The van der Waals surface area contributed by atoms with Gasteiger partial charge in [0.25, 0.3) is 5.91 Å². The molecule has 2 aliphatic rings. The van der Waals surface area contributed by atoms with Crippen molar-refractivity contribution in [1.82, 2.24) is 4.90 Å². The molecule has 1 saturated heterocycles. The van der Waals surface area contributed by atoms with E-state index in [1.54, 1.807) is 4.90 Å². The van der Waals surface area contributed by atoms with E-state index in [-0.39, 0.29) is 25.3 Å². The number of carbonyl (C=O) groups excluding carboxylic acids is 1. The number of rotatable bonds is 10. The monoisotopic (exact) mass is 545 g/mol. The summed E-state index contributed by atoms with van der Waals surface area (Å²) in [6.45, 7) is 8.65. The minimum absolute atomic E-state index is 0.0736. The van der Waals surface area contributed by atoms with Gasteiger partial charge in [0.1, 0.15) is 29.1 Å². The van der Waals surface area contributed by atoms with Gasteiger partial charge in [-0.2, -0.15) is 0 Å². The number of hydrogen-bond acceptors (Lipinski definition) is 5. The Morgan fingerprint density at radius 1 is 0.949 bits per heavy atom. The first kappa shape index (κ1) is 27.4. The van der Waals surface area contributed by atoms with Crippen molar-refractivity contribution in [3.63, 3.8) is 0 Å². The molecule has 206 valence electrons. The number of aryl methyl sites for hydroxylation is 1. The fourth-order valence-electron chi connectivity index (χ4n) is 5.97. The van der Waals surface area contributed by atoms with E-state index in [2.05, 4.69) is 20.8 Å². The summed E-state index contributed by atoms with van der Waals surface area (Å²) in [6, 6.07) is 26.2. The number of amides is 1. The number of furan rings is 1. The Labute approximate surface area is 232 Å². The predicted molar refractivity (Wildman–Crippen MR) is 153 cm³/mol. The number of ether oxygens (including phenoxy) is 1. The van der Waals surface area contributed by atoms with Crippen molar-refractivity contribution in [2.75, 3.05) is 0 Å². The van der Waals surface area contributed by atoms with E-state index >= 15 is 0 Å². The molecule has 0 radical (unpaired) electrons. The summed E-state index contributed by atoms with van der Waals surface area (Å²) < 4.78 is 19.5. The summed E-state index contributed by atoms with van der Waals surface area (Å²) in [5.74, 6) is 1.66. The molecule has 7 heteroatoms. The lowest BCUT2D eigenvalue weighted by Crippen LogP contribution is -2.48. The highest BCUT2D eigenvalue weighted by Gasteiger charge is 2.66. The Bertz CT molecular complexity index is 1310. The van der Waals surface area contributed by atoms with Crippen LogP contribution in [0.25, 0.3) is 0 Å².